The van der Waals surface area contributed by atoms with Crippen molar-refractivity contribution in [3.63, 3.8) is 0 Å². The molecule has 2 nitrogen and oxygen atoms in total. The van der Waals surface area contributed by atoms with Gasteiger partial charge < -0.3 is 4.74 Å². The number of carbonyl (C=O) groups excluding carboxylic acids is 1. The largest absolute Gasteiger partial charge is 0.473 e. The van der Waals surface area contributed by atoms with Crippen molar-refractivity contribution in [2.75, 3.05) is 0 Å². The topological polar surface area (TPSA) is 26.3 Å². The number of hydrogen-bond donors (Lipinski definition) is 0. The fourth-order valence-corrected chi connectivity index (χ4v) is 2.09. The van der Waals surface area contributed by atoms with E-state index in [1.807, 2.05) is 0 Å². The van der Waals surface area contributed by atoms with Gasteiger partial charge in [-0.05, 0) is 6.92 Å². The van der Waals surface area contributed by atoms with Gasteiger partial charge in [-0.15, -0.1) is 0 Å². The number of ether oxygens (including phenoxy) is 1. The van der Waals surface area contributed by atoms with Crippen LogP contribution in [0.3, 0.4) is 0 Å². The zero-order chi connectivity index (χ0) is 23.9. The molecule has 0 amide bonds. The summed E-state index contributed by atoms with van der Waals surface area (Å²) in [6, 6.07) is 0. The standard InChI is InChI=1S/C12H5F15O2/c1-3(2)4(28)29-12(26,27)11(24,25)8(18,19)5(13)6(14,15)9(20,21)10(22,23)7(5,16)17/h1H2,2H3. The van der Waals surface area contributed by atoms with E-state index in [4.69, 9.17) is 0 Å². The molecule has 170 valence electrons. The van der Waals surface area contributed by atoms with Crippen LogP contribution in [0.2, 0.25) is 0 Å². The second-order valence-electron chi connectivity index (χ2n) is 5.79. The summed E-state index contributed by atoms with van der Waals surface area (Å²) in [4.78, 5) is 10.8. The highest BCUT2D eigenvalue weighted by Gasteiger charge is 3.08. The molecule has 0 aromatic rings. The van der Waals surface area contributed by atoms with E-state index in [-0.39, 0.29) is 0 Å². The van der Waals surface area contributed by atoms with Gasteiger partial charge in [0.1, 0.15) is 0 Å². The third-order valence-electron chi connectivity index (χ3n) is 3.81. The Balaban J connectivity index is 3.80. The van der Waals surface area contributed by atoms with Crippen LogP contribution in [-0.2, 0) is 9.53 Å². The van der Waals surface area contributed by atoms with Gasteiger partial charge in [0.15, 0.2) is 0 Å². The average Bonchev–Trinajstić information content (AvgIpc) is 2.56. The SMILES string of the molecule is C=C(C)C(=O)OC(F)(F)C(F)(F)C(F)(F)C1(F)C(F)(F)C(F)(F)C(F)(F)C1(F)F. The van der Waals surface area contributed by atoms with Crippen molar-refractivity contribution in [3.05, 3.63) is 12.2 Å². The fourth-order valence-electron chi connectivity index (χ4n) is 2.09. The summed E-state index contributed by atoms with van der Waals surface area (Å²) in [6.45, 7) is 2.94. The molecule has 1 fully saturated rings. The fraction of sp³-hybridized carbons (Fsp3) is 0.750. The van der Waals surface area contributed by atoms with Gasteiger partial charge in [-0.2, -0.15) is 61.5 Å². The van der Waals surface area contributed by atoms with E-state index in [2.05, 4.69) is 11.3 Å². The van der Waals surface area contributed by atoms with E-state index in [0.717, 1.165) is 0 Å². The van der Waals surface area contributed by atoms with Crippen molar-refractivity contribution in [3.8, 4) is 0 Å². The van der Waals surface area contributed by atoms with Crippen LogP contribution in [0.25, 0.3) is 0 Å². The molecule has 1 saturated carbocycles. The van der Waals surface area contributed by atoms with E-state index >= 15 is 0 Å². The Morgan fingerprint density at radius 3 is 1.31 bits per heavy atom. The molecule has 0 N–H and O–H groups in total. The lowest BCUT2D eigenvalue weighted by molar-refractivity contribution is -0.435. The summed E-state index contributed by atoms with van der Waals surface area (Å²) in [5, 5.41) is 0. The van der Waals surface area contributed by atoms with Gasteiger partial charge in [-0.25, -0.2) is 9.18 Å². The number of carbonyl (C=O) groups is 1. The third-order valence-corrected chi connectivity index (χ3v) is 3.81. The zero-order valence-corrected chi connectivity index (χ0v) is 13.2. The van der Waals surface area contributed by atoms with Gasteiger partial charge in [0, 0.05) is 5.57 Å². The summed E-state index contributed by atoms with van der Waals surface area (Å²) < 4.78 is 202. The molecule has 1 aliphatic carbocycles. The predicted molar refractivity (Wildman–Crippen MR) is 59.4 cm³/mol. The van der Waals surface area contributed by atoms with Crippen LogP contribution >= 0.6 is 0 Å². The Bertz CT molecular complexity index is 697. The van der Waals surface area contributed by atoms with Crippen molar-refractivity contribution in [1.82, 2.24) is 0 Å². The highest BCUT2D eigenvalue weighted by Crippen LogP contribution is 2.74. The van der Waals surface area contributed by atoms with E-state index in [9.17, 15) is 70.7 Å². The molecular weight excluding hydrogens is 461 g/mol. The first-order valence-corrected chi connectivity index (χ1v) is 6.55. The highest BCUT2D eigenvalue weighted by molar-refractivity contribution is 5.87. The second-order valence-corrected chi connectivity index (χ2v) is 5.79. The normalized spacial score (nSPS) is 24.8. The molecule has 0 spiro atoms. The summed E-state index contributed by atoms with van der Waals surface area (Å²) in [5.74, 6) is -50.5. The van der Waals surface area contributed by atoms with Gasteiger partial charge in [0.05, 0.1) is 0 Å². The Morgan fingerprint density at radius 1 is 0.724 bits per heavy atom. The van der Waals surface area contributed by atoms with Crippen molar-refractivity contribution < 1.29 is 75.4 Å². The minimum absolute atomic E-state index is 0.436. The molecule has 0 bridgehead atoms. The van der Waals surface area contributed by atoms with Crippen LogP contribution in [0, 0.1) is 0 Å². The van der Waals surface area contributed by atoms with Crippen LogP contribution in [0.4, 0.5) is 65.9 Å². The predicted octanol–water partition coefficient (Wildman–Crippen LogP) is 5.23. The Labute approximate surface area is 149 Å². The van der Waals surface area contributed by atoms with Crippen molar-refractivity contribution in [1.29, 1.82) is 0 Å². The lowest BCUT2D eigenvalue weighted by atomic mass is 9.84. The maximum atomic E-state index is 14.0. The Kier molecular flexibility index (Phi) is 5.09. The first-order chi connectivity index (χ1) is 12.3. The first-order valence-electron chi connectivity index (χ1n) is 6.55. The minimum atomic E-state index is -8.37. The average molecular weight is 466 g/mol. The highest BCUT2D eigenvalue weighted by atomic mass is 19.4. The van der Waals surface area contributed by atoms with Crippen LogP contribution in [0.1, 0.15) is 6.92 Å². The molecule has 0 aromatic carbocycles. The lowest BCUT2D eigenvalue weighted by Gasteiger charge is -2.41. The number of alkyl halides is 15. The zero-order valence-electron chi connectivity index (χ0n) is 13.2. The number of esters is 1. The van der Waals surface area contributed by atoms with Crippen molar-refractivity contribution in [2.45, 2.75) is 54.2 Å². The molecule has 0 aliphatic heterocycles. The molecule has 17 heteroatoms. The molecule has 29 heavy (non-hydrogen) atoms. The van der Waals surface area contributed by atoms with Gasteiger partial charge >= 0.3 is 53.3 Å². The molecule has 1 rings (SSSR count). The van der Waals surface area contributed by atoms with Crippen LogP contribution < -0.4 is 0 Å². The van der Waals surface area contributed by atoms with E-state index in [1.165, 1.54) is 0 Å². The smallest absolute Gasteiger partial charge is 0.393 e. The summed E-state index contributed by atoms with van der Waals surface area (Å²) in [7, 11) is 0. The molecule has 0 aromatic heterocycles. The monoisotopic (exact) mass is 466 g/mol. The molecule has 0 radical (unpaired) electrons. The second kappa shape index (κ2) is 5.86. The molecular formula is C12H5F15O2. The molecule has 0 unspecified atom stereocenters. The van der Waals surface area contributed by atoms with Crippen molar-refractivity contribution >= 4 is 5.97 Å². The number of halogens is 15. The van der Waals surface area contributed by atoms with Gasteiger partial charge in [0.2, 0.25) is 0 Å². The van der Waals surface area contributed by atoms with Crippen LogP contribution in [0.5, 0.6) is 0 Å². The van der Waals surface area contributed by atoms with Gasteiger partial charge in [-0.1, -0.05) is 6.58 Å². The molecule has 1 aliphatic rings. The number of hydrogen-bond acceptors (Lipinski definition) is 2. The lowest BCUT2D eigenvalue weighted by Crippen LogP contribution is -2.74. The molecule has 0 heterocycles. The molecule has 0 atom stereocenters. The van der Waals surface area contributed by atoms with Gasteiger partial charge in [0.25, 0.3) is 0 Å². The minimum Gasteiger partial charge on any atom is -0.393 e. The third kappa shape index (κ3) is 2.44. The summed E-state index contributed by atoms with van der Waals surface area (Å²) in [6.07, 6.45) is -7.13. The van der Waals surface area contributed by atoms with Crippen LogP contribution in [0.15, 0.2) is 12.2 Å². The van der Waals surface area contributed by atoms with Gasteiger partial charge in [-0.3, -0.25) is 0 Å². The summed E-state index contributed by atoms with van der Waals surface area (Å²) in [5.41, 5.74) is -9.52. The maximum absolute atomic E-state index is 14.0. The summed E-state index contributed by atoms with van der Waals surface area (Å²) >= 11 is 0. The number of rotatable bonds is 5. The quantitative estimate of drug-likeness (QED) is 0.315. The Morgan fingerprint density at radius 2 is 1.03 bits per heavy atom. The van der Waals surface area contributed by atoms with E-state index in [0.29, 0.717) is 6.92 Å². The maximum Gasteiger partial charge on any atom is 0.473 e. The van der Waals surface area contributed by atoms with E-state index < -0.39 is 58.9 Å². The first kappa shape index (κ1) is 25.2. The van der Waals surface area contributed by atoms with E-state index in [1.54, 1.807) is 0 Å². The van der Waals surface area contributed by atoms with Crippen LogP contribution in [-0.4, -0.2) is 53.3 Å². The van der Waals surface area contributed by atoms with Crippen molar-refractivity contribution in [2.24, 2.45) is 0 Å². The molecule has 0 saturated heterocycles. The Hall–Kier alpha value is -1.84.